The van der Waals surface area contributed by atoms with Crippen molar-refractivity contribution < 1.29 is 90.0 Å². The number of rotatable bonds is 4. The normalized spacial score (nSPS) is 34.9. The van der Waals surface area contributed by atoms with Gasteiger partial charge in [0.1, 0.15) is 45.7 Å². The molecule has 12 atom stereocenters. The molecule has 2 saturated carbocycles. The number of likely N-dealkylation sites (N-methyl/N-ethyl adjacent to an activating group) is 2. The molecular formula is C44H50Cl2N4O18. The van der Waals surface area contributed by atoms with Gasteiger partial charge < -0.3 is 72.7 Å². The van der Waals surface area contributed by atoms with Gasteiger partial charge in [-0.1, -0.05) is 24.3 Å². The largest absolute Gasteiger partial charge is 0.508 e. The van der Waals surface area contributed by atoms with Crippen LogP contribution in [0.3, 0.4) is 0 Å². The predicted octanol–water partition coefficient (Wildman–Crippen LogP) is -1.96. The van der Waals surface area contributed by atoms with Gasteiger partial charge in [-0.2, -0.15) is 0 Å². The molecule has 24 heteroatoms. The molecule has 0 heterocycles. The van der Waals surface area contributed by atoms with Gasteiger partial charge in [-0.05, 0) is 65.3 Å². The lowest BCUT2D eigenvalue weighted by Crippen LogP contribution is -2.71. The third-order valence-corrected chi connectivity index (χ3v) is 14.1. The zero-order valence-electron chi connectivity index (χ0n) is 36.8. The SMILES string of the molecule is CN(C)C1C(=O)C(C(N)=O)=C(O)C2(O)C(=O)C3=C(O)c4c(O)cccc4C(C)(O)C3C(O)C12.CN(C)C1C(=O)C(C(N)=O)=C(O)C2(O)C(=O)C3=C(O)c4c(O)cccc4C(C)(O)C3C(O)C12.Cl.Cl. The highest BCUT2D eigenvalue weighted by Gasteiger charge is 2.72. The molecule has 22 nitrogen and oxygen atoms in total. The van der Waals surface area contributed by atoms with E-state index in [1.165, 1.54) is 88.2 Å². The third-order valence-electron chi connectivity index (χ3n) is 14.1. The average molecular weight is 994 g/mol. The molecule has 8 rings (SSSR count). The van der Waals surface area contributed by atoms with Gasteiger partial charge in [0.15, 0.2) is 22.8 Å². The molecule has 2 aromatic carbocycles. The van der Waals surface area contributed by atoms with E-state index in [1.807, 2.05) is 0 Å². The second-order valence-electron chi connectivity index (χ2n) is 18.1. The Hall–Kier alpha value is -5.92. The van der Waals surface area contributed by atoms with Crippen LogP contribution in [0, 0.1) is 23.7 Å². The Labute approximate surface area is 397 Å². The van der Waals surface area contributed by atoms with Crippen LogP contribution in [0.1, 0.15) is 36.1 Å². The van der Waals surface area contributed by atoms with Crippen molar-refractivity contribution >= 4 is 71.3 Å². The highest BCUT2D eigenvalue weighted by Crippen LogP contribution is 2.59. The number of primary amides is 2. The molecule has 0 spiro atoms. The van der Waals surface area contributed by atoms with Crippen LogP contribution in [0.2, 0.25) is 0 Å². The van der Waals surface area contributed by atoms with Crippen LogP contribution in [-0.4, -0.2) is 170 Å². The van der Waals surface area contributed by atoms with E-state index < -0.39 is 162 Å². The van der Waals surface area contributed by atoms with E-state index in [1.54, 1.807) is 0 Å². The van der Waals surface area contributed by atoms with Crippen molar-refractivity contribution in [2.75, 3.05) is 28.2 Å². The lowest BCUT2D eigenvalue weighted by atomic mass is 9.53. The Morgan fingerprint density at radius 2 is 0.853 bits per heavy atom. The molecule has 2 amide bonds. The molecule has 0 bridgehead atoms. The van der Waals surface area contributed by atoms with Gasteiger partial charge >= 0.3 is 0 Å². The quantitative estimate of drug-likeness (QED) is 0.148. The number of carbonyl (C=O) groups excluding carboxylic acids is 6. The Morgan fingerprint density at radius 3 is 1.12 bits per heavy atom. The second-order valence-corrected chi connectivity index (χ2v) is 18.1. The second kappa shape index (κ2) is 16.9. The Bertz CT molecular complexity index is 2560. The minimum atomic E-state index is -3.02. The van der Waals surface area contributed by atoms with E-state index in [4.69, 9.17) is 11.5 Å². The summed E-state index contributed by atoms with van der Waals surface area (Å²) in [5, 5.41) is 133. The number of fused-ring (bicyclic) bond motifs is 6. The number of nitrogens with zero attached hydrogens (tertiary/aromatic N) is 2. The topological polar surface area (TPSA) is 404 Å². The number of amides is 2. The minimum Gasteiger partial charge on any atom is -0.508 e. The van der Waals surface area contributed by atoms with Crippen LogP contribution in [-0.2, 0) is 40.0 Å². The zero-order valence-corrected chi connectivity index (χ0v) is 38.4. The molecule has 0 saturated heterocycles. The summed E-state index contributed by atoms with van der Waals surface area (Å²) in [4.78, 5) is 79.9. The lowest BCUT2D eigenvalue weighted by molar-refractivity contribution is -0.181. The highest BCUT2D eigenvalue weighted by molar-refractivity contribution is 6.26. The highest BCUT2D eigenvalue weighted by atomic mass is 35.5. The lowest BCUT2D eigenvalue weighted by Gasteiger charge is -2.55. The van der Waals surface area contributed by atoms with Crippen LogP contribution in [0.25, 0.3) is 11.5 Å². The van der Waals surface area contributed by atoms with Crippen LogP contribution >= 0.6 is 24.8 Å². The van der Waals surface area contributed by atoms with Gasteiger partial charge in [0, 0.05) is 0 Å². The number of halogens is 2. The number of aliphatic hydroxyl groups is 10. The van der Waals surface area contributed by atoms with Crippen LogP contribution in [0.5, 0.6) is 11.5 Å². The van der Waals surface area contributed by atoms with E-state index in [-0.39, 0.29) is 47.1 Å². The average Bonchev–Trinajstić information content (AvgIpc) is 3.20. The molecular weight excluding hydrogens is 943 g/mol. The fourth-order valence-corrected chi connectivity index (χ4v) is 11.2. The maximum Gasteiger partial charge on any atom is 0.255 e. The summed E-state index contributed by atoms with van der Waals surface area (Å²) in [5.41, 5.74) is -3.55. The fourth-order valence-electron chi connectivity index (χ4n) is 11.2. The van der Waals surface area contributed by atoms with Crippen LogP contribution in [0.4, 0.5) is 0 Å². The Balaban J connectivity index is 0.000000247. The first-order chi connectivity index (χ1) is 30.4. The van der Waals surface area contributed by atoms with Crippen molar-refractivity contribution in [2.45, 2.75) is 60.5 Å². The van der Waals surface area contributed by atoms with E-state index in [0.29, 0.717) is 0 Å². The van der Waals surface area contributed by atoms with E-state index in [0.717, 1.165) is 0 Å². The van der Waals surface area contributed by atoms with Gasteiger partial charge in [-0.3, -0.25) is 38.6 Å². The summed E-state index contributed by atoms with van der Waals surface area (Å²) in [6, 6.07) is 5.00. The molecule has 2 fully saturated rings. The summed E-state index contributed by atoms with van der Waals surface area (Å²) in [6.07, 6.45) is -3.74. The number of hydrogen-bond acceptors (Lipinski definition) is 20. The summed E-state index contributed by atoms with van der Waals surface area (Å²) >= 11 is 0. The molecule has 368 valence electrons. The van der Waals surface area contributed by atoms with Crippen LogP contribution < -0.4 is 11.5 Å². The first-order valence-corrected chi connectivity index (χ1v) is 20.2. The number of ketones is 4. The van der Waals surface area contributed by atoms with Crippen molar-refractivity contribution in [3.05, 3.63) is 92.5 Å². The molecule has 12 unspecified atom stereocenters. The number of nitrogens with two attached hydrogens (primary N) is 2. The van der Waals surface area contributed by atoms with E-state index in [2.05, 4.69) is 0 Å². The number of phenolic OH excluding ortho intramolecular Hbond substituents is 2. The molecule has 16 N–H and O–H groups in total. The molecule has 68 heavy (non-hydrogen) atoms. The standard InChI is InChI=1S/2C22H24N2O9.2ClH/c2*1-21(32)7-5-4-6-8(25)9(7)15(26)10-12(21)17(28)13-14(24(2)3)16(27)11(20(23)31)19(30)22(13,33)18(10)29;;/h2*4-6,12-14,17,25-26,28,30,32-33H,1-3H3,(H2,23,31);2*1H. The predicted molar refractivity (Wildman–Crippen MR) is 237 cm³/mol. The number of Topliss-reactive ketones (excluding diaryl/α,β-unsaturated/α-hetero) is 4. The number of hydrogen-bond donors (Lipinski definition) is 14. The van der Waals surface area contributed by atoms with Crippen molar-refractivity contribution in [2.24, 2.45) is 35.1 Å². The van der Waals surface area contributed by atoms with Gasteiger partial charge in [0.2, 0.25) is 11.6 Å². The Morgan fingerprint density at radius 1 is 0.559 bits per heavy atom. The number of carbonyl (C=O) groups is 6. The molecule has 0 radical (unpaired) electrons. The third kappa shape index (κ3) is 6.61. The summed E-state index contributed by atoms with van der Waals surface area (Å²) < 4.78 is 0. The first-order valence-electron chi connectivity index (χ1n) is 20.2. The molecule has 2 aromatic rings. The van der Waals surface area contributed by atoms with Crippen LogP contribution in [0.15, 0.2) is 70.2 Å². The smallest absolute Gasteiger partial charge is 0.255 e. The van der Waals surface area contributed by atoms with Crippen molar-refractivity contribution in [3.63, 3.8) is 0 Å². The molecule has 0 aliphatic heterocycles. The Kier molecular flexibility index (Phi) is 13.2. The van der Waals surface area contributed by atoms with Gasteiger partial charge in [-0.25, -0.2) is 0 Å². The zero-order chi connectivity index (χ0) is 49.6. The fraction of sp³-hybridized carbons (Fsp3) is 0.409. The number of benzene rings is 2. The van der Waals surface area contributed by atoms with Gasteiger partial charge in [0.25, 0.3) is 11.8 Å². The molecule has 6 aliphatic carbocycles. The first kappa shape index (κ1) is 53.0. The maximum atomic E-state index is 13.7. The van der Waals surface area contributed by atoms with Gasteiger partial charge in [-0.15, -0.1) is 24.8 Å². The minimum absolute atomic E-state index is 0. The van der Waals surface area contributed by atoms with E-state index in [9.17, 15) is 90.0 Å². The summed E-state index contributed by atoms with van der Waals surface area (Å²) in [7, 11) is 5.60. The molecule has 0 aromatic heterocycles. The van der Waals surface area contributed by atoms with E-state index >= 15 is 0 Å². The number of phenols is 2. The summed E-state index contributed by atoms with van der Waals surface area (Å²) in [5.74, 6) is -19.3. The van der Waals surface area contributed by atoms with Crippen molar-refractivity contribution in [3.8, 4) is 11.5 Å². The molecule has 6 aliphatic rings. The summed E-state index contributed by atoms with van der Waals surface area (Å²) in [6.45, 7) is 2.51. The van der Waals surface area contributed by atoms with Crippen molar-refractivity contribution in [1.82, 2.24) is 9.80 Å². The maximum absolute atomic E-state index is 13.7. The number of aliphatic hydroxyl groups excluding tert-OH is 6. The van der Waals surface area contributed by atoms with Gasteiger partial charge in [0.05, 0.1) is 81.4 Å². The van der Waals surface area contributed by atoms with Crippen molar-refractivity contribution in [1.29, 1.82) is 0 Å². The number of aromatic hydroxyl groups is 2. The monoisotopic (exact) mass is 992 g/mol.